The molecule has 1 aliphatic rings. The van der Waals surface area contributed by atoms with Gasteiger partial charge in [-0.05, 0) is 64.0 Å². The molecule has 2 aromatic rings. The highest BCUT2D eigenvalue weighted by molar-refractivity contribution is 5.77. The molecule has 21 heavy (non-hydrogen) atoms. The Balaban J connectivity index is 1.62. The summed E-state index contributed by atoms with van der Waals surface area (Å²) in [5.41, 5.74) is 1.00. The van der Waals surface area contributed by atoms with Crippen LogP contribution in [0, 0.1) is 5.92 Å². The Bertz CT molecular complexity index is 536. The van der Waals surface area contributed by atoms with Gasteiger partial charge >= 0.3 is 0 Å². The van der Waals surface area contributed by atoms with Crippen LogP contribution < -0.4 is 5.32 Å². The third-order valence-corrected chi connectivity index (χ3v) is 4.74. The Morgan fingerprint density at radius 2 is 2.05 bits per heavy atom. The van der Waals surface area contributed by atoms with E-state index in [1.54, 1.807) is 0 Å². The Morgan fingerprint density at radius 1 is 1.29 bits per heavy atom. The molecular weight excluding hydrogens is 260 g/mol. The molecule has 0 spiro atoms. The van der Waals surface area contributed by atoms with E-state index in [1.165, 1.54) is 37.9 Å². The molecule has 1 saturated heterocycles. The maximum Gasteiger partial charge on any atom is 0.134 e. The van der Waals surface area contributed by atoms with Gasteiger partial charge in [-0.2, -0.15) is 0 Å². The first kappa shape index (κ1) is 14.6. The number of rotatable bonds is 5. The van der Waals surface area contributed by atoms with Crippen molar-refractivity contribution in [3.8, 4) is 0 Å². The van der Waals surface area contributed by atoms with Crippen molar-refractivity contribution in [2.24, 2.45) is 5.92 Å². The second kappa shape index (κ2) is 6.63. The van der Waals surface area contributed by atoms with E-state index in [0.29, 0.717) is 6.04 Å². The SMILES string of the molecule is CCNCC1CCN(C(C)c2cc3ccccc3o2)CC1. The molecule has 1 N–H and O–H groups in total. The molecule has 0 saturated carbocycles. The largest absolute Gasteiger partial charge is 0.459 e. The minimum Gasteiger partial charge on any atom is -0.459 e. The smallest absolute Gasteiger partial charge is 0.134 e. The van der Waals surface area contributed by atoms with Crippen LogP contribution in [0.4, 0.5) is 0 Å². The molecule has 2 heterocycles. The minimum absolute atomic E-state index is 0.373. The maximum absolute atomic E-state index is 6.02. The number of para-hydroxylation sites is 1. The van der Waals surface area contributed by atoms with Gasteiger partial charge in [0.15, 0.2) is 0 Å². The predicted octanol–water partition coefficient (Wildman–Crippen LogP) is 3.82. The predicted molar refractivity (Wildman–Crippen MR) is 87.5 cm³/mol. The highest BCUT2D eigenvalue weighted by Crippen LogP contribution is 2.30. The quantitative estimate of drug-likeness (QED) is 0.906. The van der Waals surface area contributed by atoms with E-state index in [4.69, 9.17) is 4.42 Å². The van der Waals surface area contributed by atoms with Gasteiger partial charge in [-0.25, -0.2) is 0 Å². The molecule has 3 rings (SSSR count). The van der Waals surface area contributed by atoms with Crippen molar-refractivity contribution < 1.29 is 4.42 Å². The lowest BCUT2D eigenvalue weighted by Gasteiger charge is -2.35. The molecule has 0 amide bonds. The fourth-order valence-electron chi connectivity index (χ4n) is 3.28. The van der Waals surface area contributed by atoms with Crippen LogP contribution in [0.15, 0.2) is 34.7 Å². The van der Waals surface area contributed by atoms with E-state index >= 15 is 0 Å². The van der Waals surface area contributed by atoms with Crippen molar-refractivity contribution in [1.29, 1.82) is 0 Å². The summed E-state index contributed by atoms with van der Waals surface area (Å²) in [6, 6.07) is 10.8. The third-order valence-electron chi connectivity index (χ3n) is 4.74. The van der Waals surface area contributed by atoms with Crippen LogP contribution in [0.3, 0.4) is 0 Å². The summed E-state index contributed by atoms with van der Waals surface area (Å²) >= 11 is 0. The molecule has 1 aromatic carbocycles. The van der Waals surface area contributed by atoms with E-state index < -0.39 is 0 Å². The van der Waals surface area contributed by atoms with Gasteiger partial charge in [0.25, 0.3) is 0 Å². The fourth-order valence-corrected chi connectivity index (χ4v) is 3.28. The normalized spacial score (nSPS) is 19.1. The lowest BCUT2D eigenvalue weighted by atomic mass is 9.95. The Labute approximate surface area is 127 Å². The molecular formula is C18H26N2O. The van der Waals surface area contributed by atoms with Crippen LogP contribution in [-0.4, -0.2) is 31.1 Å². The number of benzene rings is 1. The number of nitrogens with one attached hydrogen (secondary N) is 1. The van der Waals surface area contributed by atoms with Crippen LogP contribution in [0.2, 0.25) is 0 Å². The van der Waals surface area contributed by atoms with Crippen molar-refractivity contribution in [2.75, 3.05) is 26.2 Å². The van der Waals surface area contributed by atoms with Gasteiger partial charge in [-0.3, -0.25) is 4.90 Å². The van der Waals surface area contributed by atoms with Gasteiger partial charge in [0, 0.05) is 5.39 Å². The molecule has 3 nitrogen and oxygen atoms in total. The summed E-state index contributed by atoms with van der Waals surface area (Å²) in [5, 5.41) is 4.68. The van der Waals surface area contributed by atoms with Gasteiger partial charge in [0.2, 0.25) is 0 Å². The van der Waals surface area contributed by atoms with Crippen molar-refractivity contribution in [3.63, 3.8) is 0 Å². The average molecular weight is 286 g/mol. The summed E-state index contributed by atoms with van der Waals surface area (Å²) in [7, 11) is 0. The molecule has 1 unspecified atom stereocenters. The second-order valence-corrected chi connectivity index (χ2v) is 6.15. The highest BCUT2D eigenvalue weighted by Gasteiger charge is 2.25. The molecule has 1 atom stereocenters. The lowest BCUT2D eigenvalue weighted by Crippen LogP contribution is -2.38. The van der Waals surface area contributed by atoms with Crippen LogP contribution >= 0.6 is 0 Å². The minimum atomic E-state index is 0.373. The molecule has 1 fully saturated rings. The standard InChI is InChI=1S/C18H26N2O/c1-3-19-13-15-8-10-20(11-9-15)14(2)18-12-16-6-4-5-7-17(16)21-18/h4-7,12,14-15,19H,3,8-11,13H2,1-2H3. The van der Waals surface area contributed by atoms with Crippen LogP contribution in [-0.2, 0) is 0 Å². The fraction of sp³-hybridized carbons (Fsp3) is 0.556. The number of likely N-dealkylation sites (tertiary alicyclic amines) is 1. The first-order valence-corrected chi connectivity index (χ1v) is 8.21. The number of nitrogens with zero attached hydrogens (tertiary/aromatic N) is 1. The van der Waals surface area contributed by atoms with Crippen LogP contribution in [0.5, 0.6) is 0 Å². The molecule has 1 aromatic heterocycles. The van der Waals surface area contributed by atoms with Crippen LogP contribution in [0.25, 0.3) is 11.0 Å². The van der Waals surface area contributed by atoms with Gasteiger partial charge in [-0.15, -0.1) is 0 Å². The molecule has 3 heteroatoms. The molecule has 1 aliphatic heterocycles. The monoisotopic (exact) mass is 286 g/mol. The van der Waals surface area contributed by atoms with E-state index in [1.807, 2.05) is 12.1 Å². The Morgan fingerprint density at radius 3 is 2.76 bits per heavy atom. The molecule has 0 bridgehead atoms. The van der Waals surface area contributed by atoms with Gasteiger partial charge in [0.05, 0.1) is 6.04 Å². The summed E-state index contributed by atoms with van der Waals surface area (Å²) in [4.78, 5) is 2.56. The Hall–Kier alpha value is -1.32. The number of piperidine rings is 1. The van der Waals surface area contributed by atoms with Crippen molar-refractivity contribution in [2.45, 2.75) is 32.7 Å². The second-order valence-electron chi connectivity index (χ2n) is 6.15. The first-order chi connectivity index (χ1) is 10.3. The topological polar surface area (TPSA) is 28.4 Å². The highest BCUT2D eigenvalue weighted by atomic mass is 16.3. The van der Waals surface area contributed by atoms with Crippen molar-refractivity contribution >= 4 is 11.0 Å². The van der Waals surface area contributed by atoms with E-state index in [0.717, 1.165) is 23.8 Å². The zero-order valence-corrected chi connectivity index (χ0v) is 13.1. The average Bonchev–Trinajstić information content (AvgIpc) is 2.96. The van der Waals surface area contributed by atoms with Crippen molar-refractivity contribution in [1.82, 2.24) is 10.2 Å². The van der Waals surface area contributed by atoms with Gasteiger partial charge in [-0.1, -0.05) is 25.1 Å². The van der Waals surface area contributed by atoms with Crippen molar-refractivity contribution in [3.05, 3.63) is 36.1 Å². The maximum atomic E-state index is 6.02. The third kappa shape index (κ3) is 3.30. The van der Waals surface area contributed by atoms with E-state index in [9.17, 15) is 0 Å². The van der Waals surface area contributed by atoms with E-state index in [-0.39, 0.29) is 0 Å². The zero-order valence-electron chi connectivity index (χ0n) is 13.1. The lowest BCUT2D eigenvalue weighted by molar-refractivity contribution is 0.128. The number of fused-ring (bicyclic) bond motifs is 1. The Kier molecular flexibility index (Phi) is 4.61. The number of furan rings is 1. The number of hydrogen-bond donors (Lipinski definition) is 1. The summed E-state index contributed by atoms with van der Waals surface area (Å²) in [5.74, 6) is 1.94. The van der Waals surface area contributed by atoms with E-state index in [2.05, 4.69) is 42.3 Å². The van der Waals surface area contributed by atoms with Gasteiger partial charge < -0.3 is 9.73 Å². The summed E-state index contributed by atoms with van der Waals surface area (Å²) in [6.07, 6.45) is 2.58. The van der Waals surface area contributed by atoms with Gasteiger partial charge in [0.1, 0.15) is 11.3 Å². The zero-order chi connectivity index (χ0) is 14.7. The first-order valence-electron chi connectivity index (χ1n) is 8.21. The molecule has 0 aliphatic carbocycles. The molecule has 114 valence electrons. The molecule has 0 radical (unpaired) electrons. The van der Waals surface area contributed by atoms with Crippen LogP contribution in [0.1, 0.15) is 38.5 Å². The number of hydrogen-bond acceptors (Lipinski definition) is 3. The summed E-state index contributed by atoms with van der Waals surface area (Å²) in [6.45, 7) is 9.04. The summed E-state index contributed by atoms with van der Waals surface area (Å²) < 4.78 is 6.02.